The van der Waals surface area contributed by atoms with Crippen molar-refractivity contribution in [2.45, 2.75) is 0 Å². The molecule has 0 atom stereocenters. The fourth-order valence-electron chi connectivity index (χ4n) is 6.86. The molecule has 8 aromatic rings. The quantitative estimate of drug-likeness (QED) is 0.179. The molecule has 0 aliphatic rings. The Hall–Kier alpha value is -5.79. The van der Waals surface area contributed by atoms with Gasteiger partial charge in [-0.25, -0.2) is 4.39 Å². The Morgan fingerprint density at radius 1 is 0.244 bits per heavy atom. The standard InChI is InChI=1S/C44H29F/c45-44-40(33-24-12-4-13-25-33)39(32-22-10-3-11-23-32)43-38(31-20-8-2-9-21-31)37(30-18-6-1-7-19-30)35-28-16-17-29-36(35)42(43)41(44)34-26-14-5-15-27-34/h1-29H. The van der Waals surface area contributed by atoms with Crippen LogP contribution in [0.1, 0.15) is 0 Å². The van der Waals surface area contributed by atoms with Gasteiger partial charge in [-0.1, -0.05) is 176 Å². The second-order valence-corrected chi connectivity index (χ2v) is 11.3. The zero-order chi connectivity index (χ0) is 30.2. The highest BCUT2D eigenvalue weighted by atomic mass is 19.1. The highest BCUT2D eigenvalue weighted by molar-refractivity contribution is 6.30. The van der Waals surface area contributed by atoms with Gasteiger partial charge < -0.3 is 0 Å². The zero-order valence-corrected chi connectivity index (χ0v) is 24.6. The molecule has 0 radical (unpaired) electrons. The van der Waals surface area contributed by atoms with Crippen LogP contribution in [-0.4, -0.2) is 0 Å². The largest absolute Gasteiger partial charge is 0.206 e. The van der Waals surface area contributed by atoms with Crippen molar-refractivity contribution in [2.24, 2.45) is 0 Å². The second kappa shape index (κ2) is 11.4. The maximum Gasteiger partial charge on any atom is 0.140 e. The Balaban J connectivity index is 1.75. The SMILES string of the molecule is Fc1c(-c2ccccc2)c(-c2ccccc2)c2c(-c3ccccc3)c(-c3ccccc3)c3ccccc3c2c1-c1ccccc1. The molecule has 0 aliphatic heterocycles. The Bertz CT molecular complexity index is 2270. The Morgan fingerprint density at radius 3 is 1.00 bits per heavy atom. The molecule has 212 valence electrons. The van der Waals surface area contributed by atoms with E-state index in [9.17, 15) is 0 Å². The summed E-state index contributed by atoms with van der Waals surface area (Å²) < 4.78 is 17.8. The molecular formula is C44H29F. The Morgan fingerprint density at radius 2 is 0.556 bits per heavy atom. The van der Waals surface area contributed by atoms with Gasteiger partial charge in [0.25, 0.3) is 0 Å². The molecule has 1 heteroatoms. The van der Waals surface area contributed by atoms with E-state index in [1.165, 1.54) is 0 Å². The van der Waals surface area contributed by atoms with Crippen molar-refractivity contribution in [1.82, 2.24) is 0 Å². The lowest BCUT2D eigenvalue weighted by Gasteiger charge is -2.26. The molecular weight excluding hydrogens is 547 g/mol. The summed E-state index contributed by atoms with van der Waals surface area (Å²) in [6, 6.07) is 60.0. The maximum absolute atomic E-state index is 17.8. The monoisotopic (exact) mass is 576 g/mol. The normalized spacial score (nSPS) is 11.2. The van der Waals surface area contributed by atoms with Gasteiger partial charge in [0.15, 0.2) is 0 Å². The summed E-state index contributed by atoms with van der Waals surface area (Å²) in [6.07, 6.45) is 0. The summed E-state index contributed by atoms with van der Waals surface area (Å²) in [7, 11) is 0. The minimum atomic E-state index is -0.213. The number of rotatable bonds is 5. The van der Waals surface area contributed by atoms with E-state index in [-0.39, 0.29) is 5.82 Å². The predicted octanol–water partition coefficient (Wildman–Crippen LogP) is 12.5. The number of benzene rings is 8. The molecule has 0 bridgehead atoms. The minimum Gasteiger partial charge on any atom is -0.206 e. The van der Waals surface area contributed by atoms with Crippen molar-refractivity contribution in [3.8, 4) is 55.6 Å². The summed E-state index contributed by atoms with van der Waals surface area (Å²) in [5.41, 5.74) is 9.28. The van der Waals surface area contributed by atoms with E-state index in [0.29, 0.717) is 11.1 Å². The lowest BCUT2D eigenvalue weighted by molar-refractivity contribution is 0.637. The Kier molecular flexibility index (Phi) is 6.77. The lowest BCUT2D eigenvalue weighted by Crippen LogP contribution is -2.01. The number of hydrogen-bond donors (Lipinski definition) is 0. The average molecular weight is 577 g/mol. The summed E-state index contributed by atoms with van der Waals surface area (Å²) in [4.78, 5) is 0. The first-order valence-corrected chi connectivity index (χ1v) is 15.3. The molecule has 0 N–H and O–H groups in total. The van der Waals surface area contributed by atoms with Gasteiger partial charge >= 0.3 is 0 Å². The van der Waals surface area contributed by atoms with Crippen molar-refractivity contribution in [3.63, 3.8) is 0 Å². The maximum atomic E-state index is 17.8. The van der Waals surface area contributed by atoms with Crippen LogP contribution in [0.4, 0.5) is 4.39 Å². The number of hydrogen-bond acceptors (Lipinski definition) is 0. The van der Waals surface area contributed by atoms with E-state index >= 15 is 4.39 Å². The third-order valence-electron chi connectivity index (χ3n) is 8.72. The highest BCUT2D eigenvalue weighted by Gasteiger charge is 2.28. The van der Waals surface area contributed by atoms with Crippen LogP contribution in [0.3, 0.4) is 0 Å². The van der Waals surface area contributed by atoms with E-state index in [2.05, 4.69) is 97.1 Å². The third kappa shape index (κ3) is 4.53. The zero-order valence-electron chi connectivity index (χ0n) is 24.6. The van der Waals surface area contributed by atoms with Gasteiger partial charge in [-0.15, -0.1) is 0 Å². The molecule has 0 saturated heterocycles. The number of fused-ring (bicyclic) bond motifs is 3. The molecule has 0 unspecified atom stereocenters. The molecule has 8 aromatic carbocycles. The van der Waals surface area contributed by atoms with Crippen LogP contribution in [0.25, 0.3) is 77.2 Å². The fraction of sp³-hybridized carbons (Fsp3) is 0. The molecule has 0 amide bonds. The van der Waals surface area contributed by atoms with E-state index in [1.54, 1.807) is 0 Å². The predicted molar refractivity (Wildman–Crippen MR) is 189 cm³/mol. The van der Waals surface area contributed by atoms with Crippen LogP contribution in [0.2, 0.25) is 0 Å². The first-order valence-electron chi connectivity index (χ1n) is 15.3. The van der Waals surface area contributed by atoms with E-state index < -0.39 is 0 Å². The highest BCUT2D eigenvalue weighted by Crippen LogP contribution is 2.54. The summed E-state index contributed by atoms with van der Waals surface area (Å²) in [5.74, 6) is -0.213. The van der Waals surface area contributed by atoms with Gasteiger partial charge in [-0.05, 0) is 49.7 Å². The summed E-state index contributed by atoms with van der Waals surface area (Å²) in [5, 5.41) is 4.09. The van der Waals surface area contributed by atoms with Gasteiger partial charge in [0.2, 0.25) is 0 Å². The van der Waals surface area contributed by atoms with Gasteiger partial charge in [-0.2, -0.15) is 0 Å². The molecule has 0 aliphatic carbocycles. The first-order chi connectivity index (χ1) is 22.3. The van der Waals surface area contributed by atoms with Crippen LogP contribution in [0, 0.1) is 5.82 Å². The van der Waals surface area contributed by atoms with E-state index in [4.69, 9.17) is 0 Å². The third-order valence-corrected chi connectivity index (χ3v) is 8.72. The summed E-state index contributed by atoms with van der Waals surface area (Å²) in [6.45, 7) is 0. The molecule has 0 nitrogen and oxygen atoms in total. The first kappa shape index (κ1) is 26.8. The van der Waals surface area contributed by atoms with Crippen molar-refractivity contribution < 1.29 is 4.39 Å². The number of halogens is 1. The van der Waals surface area contributed by atoms with Crippen LogP contribution in [0.15, 0.2) is 176 Å². The van der Waals surface area contributed by atoms with Gasteiger partial charge in [0.1, 0.15) is 5.82 Å². The van der Waals surface area contributed by atoms with Crippen molar-refractivity contribution in [1.29, 1.82) is 0 Å². The average Bonchev–Trinajstić information content (AvgIpc) is 3.12. The van der Waals surface area contributed by atoms with Crippen molar-refractivity contribution in [2.75, 3.05) is 0 Å². The molecule has 0 spiro atoms. The van der Waals surface area contributed by atoms with Crippen LogP contribution in [0.5, 0.6) is 0 Å². The van der Waals surface area contributed by atoms with Gasteiger partial charge in [0, 0.05) is 27.5 Å². The molecule has 0 heterocycles. The molecule has 0 aromatic heterocycles. The van der Waals surface area contributed by atoms with E-state index in [0.717, 1.165) is 66.1 Å². The molecule has 45 heavy (non-hydrogen) atoms. The van der Waals surface area contributed by atoms with Crippen molar-refractivity contribution in [3.05, 3.63) is 182 Å². The van der Waals surface area contributed by atoms with Crippen LogP contribution in [-0.2, 0) is 0 Å². The molecule has 8 rings (SSSR count). The van der Waals surface area contributed by atoms with Crippen molar-refractivity contribution >= 4 is 21.5 Å². The van der Waals surface area contributed by atoms with Crippen LogP contribution >= 0.6 is 0 Å². The lowest BCUT2D eigenvalue weighted by atomic mass is 9.77. The van der Waals surface area contributed by atoms with Gasteiger partial charge in [-0.3, -0.25) is 0 Å². The summed E-state index contributed by atoms with van der Waals surface area (Å²) >= 11 is 0. The minimum absolute atomic E-state index is 0.213. The van der Waals surface area contributed by atoms with Crippen LogP contribution < -0.4 is 0 Å². The van der Waals surface area contributed by atoms with E-state index in [1.807, 2.05) is 78.9 Å². The Labute approximate surface area is 262 Å². The fourth-order valence-corrected chi connectivity index (χ4v) is 6.86. The smallest absolute Gasteiger partial charge is 0.140 e. The topological polar surface area (TPSA) is 0 Å². The van der Waals surface area contributed by atoms with Gasteiger partial charge in [0.05, 0.1) is 0 Å². The molecule has 0 fully saturated rings. The second-order valence-electron chi connectivity index (χ2n) is 11.3. The molecule has 0 saturated carbocycles.